The van der Waals surface area contributed by atoms with Crippen molar-refractivity contribution >= 4 is 5.97 Å². The Balaban J connectivity index is 2.55. The number of carbonyl (C=O) groups is 1. The van der Waals surface area contributed by atoms with E-state index in [0.717, 1.165) is 6.42 Å². The van der Waals surface area contributed by atoms with Gasteiger partial charge in [0, 0.05) is 5.97 Å². The molecule has 76 valence electrons. The third-order valence-corrected chi connectivity index (χ3v) is 2.18. The van der Waals surface area contributed by atoms with E-state index in [1.165, 1.54) is 11.1 Å². The van der Waals surface area contributed by atoms with E-state index in [1.54, 1.807) is 0 Å². The van der Waals surface area contributed by atoms with Crippen LogP contribution in [0.15, 0.2) is 24.3 Å². The van der Waals surface area contributed by atoms with Gasteiger partial charge in [0.25, 0.3) is 0 Å². The molecule has 0 saturated carbocycles. The quantitative estimate of drug-likeness (QED) is 0.720. The number of carboxylic acid groups (broad SMARTS) is 1. The van der Waals surface area contributed by atoms with Gasteiger partial charge in [-0.2, -0.15) is 0 Å². The molecule has 0 N–H and O–H groups in total. The SMILES string of the molecule is Cc1cccc(C[C@@H](C)CC(=O)[O-])c1. The van der Waals surface area contributed by atoms with E-state index in [2.05, 4.69) is 6.07 Å². The van der Waals surface area contributed by atoms with Crippen LogP contribution in [0.4, 0.5) is 0 Å². The Bertz CT molecular complexity index is 318. The first-order valence-electron chi connectivity index (χ1n) is 4.83. The summed E-state index contributed by atoms with van der Waals surface area (Å²) < 4.78 is 0. The molecule has 0 aliphatic heterocycles. The zero-order valence-electron chi connectivity index (χ0n) is 8.62. The zero-order chi connectivity index (χ0) is 10.6. The van der Waals surface area contributed by atoms with Crippen molar-refractivity contribution in [3.05, 3.63) is 35.4 Å². The van der Waals surface area contributed by atoms with Gasteiger partial charge in [-0.25, -0.2) is 0 Å². The van der Waals surface area contributed by atoms with Gasteiger partial charge in [-0.05, 0) is 31.2 Å². The van der Waals surface area contributed by atoms with Crippen molar-refractivity contribution in [1.29, 1.82) is 0 Å². The van der Waals surface area contributed by atoms with E-state index in [9.17, 15) is 9.90 Å². The van der Waals surface area contributed by atoms with Crippen molar-refractivity contribution in [3.8, 4) is 0 Å². The summed E-state index contributed by atoms with van der Waals surface area (Å²) >= 11 is 0. The number of rotatable bonds is 4. The van der Waals surface area contributed by atoms with Gasteiger partial charge in [-0.15, -0.1) is 0 Å². The number of carbonyl (C=O) groups excluding carboxylic acids is 1. The van der Waals surface area contributed by atoms with Crippen molar-refractivity contribution in [2.45, 2.75) is 26.7 Å². The molecular weight excluding hydrogens is 176 g/mol. The highest BCUT2D eigenvalue weighted by Crippen LogP contribution is 2.12. The van der Waals surface area contributed by atoms with Crippen LogP contribution in [0.1, 0.15) is 24.5 Å². The fourth-order valence-corrected chi connectivity index (χ4v) is 1.60. The second kappa shape index (κ2) is 4.80. The average Bonchev–Trinajstić information content (AvgIpc) is 2.01. The number of benzene rings is 1. The molecule has 0 saturated heterocycles. The fourth-order valence-electron chi connectivity index (χ4n) is 1.60. The van der Waals surface area contributed by atoms with E-state index < -0.39 is 5.97 Å². The summed E-state index contributed by atoms with van der Waals surface area (Å²) in [5, 5.41) is 10.4. The lowest BCUT2D eigenvalue weighted by Crippen LogP contribution is -2.24. The van der Waals surface area contributed by atoms with Crippen molar-refractivity contribution in [2.75, 3.05) is 0 Å². The second-order valence-electron chi connectivity index (χ2n) is 3.87. The van der Waals surface area contributed by atoms with Gasteiger partial charge in [-0.1, -0.05) is 36.8 Å². The predicted octanol–water partition coefficient (Wildman–Crippen LogP) is 1.31. The standard InChI is InChI=1S/C12H16O2/c1-9-4-3-5-11(6-9)7-10(2)8-12(13)14/h3-6,10H,7-8H2,1-2H3,(H,13,14)/p-1/t10-/m1/s1. The lowest BCUT2D eigenvalue weighted by Gasteiger charge is -2.12. The Labute approximate surface area is 84.6 Å². The van der Waals surface area contributed by atoms with E-state index in [4.69, 9.17) is 0 Å². The first-order chi connectivity index (χ1) is 6.58. The summed E-state index contributed by atoms with van der Waals surface area (Å²) in [5.41, 5.74) is 2.40. The van der Waals surface area contributed by atoms with Gasteiger partial charge >= 0.3 is 0 Å². The Morgan fingerprint density at radius 1 is 1.50 bits per heavy atom. The maximum atomic E-state index is 10.4. The molecule has 1 aromatic rings. The second-order valence-corrected chi connectivity index (χ2v) is 3.87. The Morgan fingerprint density at radius 2 is 2.21 bits per heavy atom. The molecule has 0 unspecified atom stereocenters. The Hall–Kier alpha value is -1.31. The molecule has 0 aliphatic carbocycles. The summed E-state index contributed by atoms with van der Waals surface area (Å²) in [5.74, 6) is -0.827. The van der Waals surface area contributed by atoms with Gasteiger partial charge < -0.3 is 9.90 Å². The highest BCUT2D eigenvalue weighted by atomic mass is 16.4. The van der Waals surface area contributed by atoms with Crippen molar-refractivity contribution in [3.63, 3.8) is 0 Å². The molecule has 0 aliphatic rings. The molecule has 0 amide bonds. The number of hydrogen-bond donors (Lipinski definition) is 0. The van der Waals surface area contributed by atoms with Gasteiger partial charge in [-0.3, -0.25) is 0 Å². The molecular formula is C12H15O2-. The molecule has 2 nitrogen and oxygen atoms in total. The van der Waals surface area contributed by atoms with Crippen molar-refractivity contribution < 1.29 is 9.90 Å². The van der Waals surface area contributed by atoms with Gasteiger partial charge in [0.1, 0.15) is 0 Å². The van der Waals surface area contributed by atoms with Crippen LogP contribution in [0, 0.1) is 12.8 Å². The highest BCUT2D eigenvalue weighted by molar-refractivity contribution is 5.64. The summed E-state index contributed by atoms with van der Waals surface area (Å²) in [7, 11) is 0. The molecule has 2 heteroatoms. The monoisotopic (exact) mass is 191 g/mol. The molecule has 1 atom stereocenters. The van der Waals surface area contributed by atoms with Crippen LogP contribution in [-0.4, -0.2) is 5.97 Å². The zero-order valence-corrected chi connectivity index (χ0v) is 8.62. The first-order valence-corrected chi connectivity index (χ1v) is 4.83. The Morgan fingerprint density at radius 3 is 2.79 bits per heavy atom. The van der Waals surface area contributed by atoms with Crippen LogP contribution in [0.25, 0.3) is 0 Å². The lowest BCUT2D eigenvalue weighted by atomic mass is 9.97. The molecule has 0 fully saturated rings. The fraction of sp³-hybridized carbons (Fsp3) is 0.417. The first kappa shape index (κ1) is 10.8. The molecule has 1 aromatic carbocycles. The number of carboxylic acids is 1. The molecule has 14 heavy (non-hydrogen) atoms. The minimum atomic E-state index is -0.967. The van der Waals surface area contributed by atoms with Crippen LogP contribution >= 0.6 is 0 Å². The molecule has 0 heterocycles. The lowest BCUT2D eigenvalue weighted by molar-refractivity contribution is -0.306. The minimum Gasteiger partial charge on any atom is -0.550 e. The van der Waals surface area contributed by atoms with Crippen LogP contribution in [0.3, 0.4) is 0 Å². The molecule has 0 radical (unpaired) electrons. The average molecular weight is 191 g/mol. The van der Waals surface area contributed by atoms with E-state index in [1.807, 2.05) is 32.0 Å². The minimum absolute atomic E-state index is 0.133. The normalized spacial score (nSPS) is 12.4. The highest BCUT2D eigenvalue weighted by Gasteiger charge is 2.03. The van der Waals surface area contributed by atoms with Crippen LogP contribution in [0.2, 0.25) is 0 Å². The van der Waals surface area contributed by atoms with E-state index >= 15 is 0 Å². The maximum Gasteiger partial charge on any atom is 0.0417 e. The summed E-state index contributed by atoms with van der Waals surface area (Å²) in [6.45, 7) is 3.96. The maximum absolute atomic E-state index is 10.4. The number of aryl methyl sites for hydroxylation is 1. The van der Waals surface area contributed by atoms with E-state index in [0.29, 0.717) is 0 Å². The Kier molecular flexibility index (Phi) is 3.69. The molecule has 0 spiro atoms. The topological polar surface area (TPSA) is 40.1 Å². The van der Waals surface area contributed by atoms with Crippen LogP contribution in [-0.2, 0) is 11.2 Å². The van der Waals surface area contributed by atoms with Crippen molar-refractivity contribution in [2.24, 2.45) is 5.92 Å². The van der Waals surface area contributed by atoms with Crippen LogP contribution in [0.5, 0.6) is 0 Å². The van der Waals surface area contributed by atoms with Gasteiger partial charge in [0.2, 0.25) is 0 Å². The van der Waals surface area contributed by atoms with Gasteiger partial charge in [0.05, 0.1) is 0 Å². The molecule has 0 bridgehead atoms. The summed E-state index contributed by atoms with van der Waals surface area (Å²) in [6, 6.07) is 8.15. The summed E-state index contributed by atoms with van der Waals surface area (Å²) in [6.07, 6.45) is 0.934. The molecule has 0 aromatic heterocycles. The third kappa shape index (κ3) is 3.60. The smallest absolute Gasteiger partial charge is 0.0417 e. The molecule has 1 rings (SSSR count). The third-order valence-electron chi connectivity index (χ3n) is 2.18. The number of aliphatic carboxylic acids is 1. The van der Waals surface area contributed by atoms with Crippen molar-refractivity contribution in [1.82, 2.24) is 0 Å². The van der Waals surface area contributed by atoms with Crippen LogP contribution < -0.4 is 5.11 Å². The predicted molar refractivity (Wildman–Crippen MR) is 53.7 cm³/mol. The largest absolute Gasteiger partial charge is 0.550 e. The van der Waals surface area contributed by atoms with E-state index in [-0.39, 0.29) is 12.3 Å². The summed E-state index contributed by atoms with van der Waals surface area (Å²) in [4.78, 5) is 10.4. The number of hydrogen-bond acceptors (Lipinski definition) is 2. The van der Waals surface area contributed by atoms with Gasteiger partial charge in [0.15, 0.2) is 0 Å².